The highest BCUT2D eigenvalue weighted by atomic mass is 35.5. The van der Waals surface area contributed by atoms with Gasteiger partial charge in [0.1, 0.15) is 12.0 Å². The van der Waals surface area contributed by atoms with Crippen molar-refractivity contribution in [3.05, 3.63) is 35.2 Å². The molecule has 0 fully saturated rings. The van der Waals surface area contributed by atoms with Gasteiger partial charge in [-0.2, -0.15) is 4.98 Å². The number of aromatic nitrogens is 1. The van der Waals surface area contributed by atoms with E-state index in [1.165, 1.54) is 6.07 Å². The van der Waals surface area contributed by atoms with E-state index in [1.54, 1.807) is 19.1 Å². The number of benzene rings is 1. The van der Waals surface area contributed by atoms with E-state index in [1.807, 2.05) is 0 Å². The van der Waals surface area contributed by atoms with E-state index in [9.17, 15) is 4.79 Å². The number of halogens is 1. The standard InChI is InChI=1S/C12H11ClN2O4/c1-2-17-11(16)10-6-18-12(15-10)19-7-3-4-9(14)8(13)5-7/h3-6H,2,14H2,1H3. The van der Waals surface area contributed by atoms with Gasteiger partial charge >= 0.3 is 12.0 Å². The van der Waals surface area contributed by atoms with Gasteiger partial charge in [-0.15, -0.1) is 0 Å². The van der Waals surface area contributed by atoms with Crippen molar-refractivity contribution >= 4 is 23.3 Å². The van der Waals surface area contributed by atoms with Crippen LogP contribution in [0.15, 0.2) is 28.9 Å². The van der Waals surface area contributed by atoms with Crippen LogP contribution in [0.4, 0.5) is 5.69 Å². The molecule has 0 bridgehead atoms. The van der Waals surface area contributed by atoms with Crippen molar-refractivity contribution in [2.24, 2.45) is 0 Å². The lowest BCUT2D eigenvalue weighted by Gasteiger charge is -2.02. The van der Waals surface area contributed by atoms with Crippen LogP contribution in [0.5, 0.6) is 11.8 Å². The number of rotatable bonds is 4. The number of esters is 1. The van der Waals surface area contributed by atoms with Gasteiger partial charge in [0, 0.05) is 6.07 Å². The van der Waals surface area contributed by atoms with Crippen LogP contribution in [-0.2, 0) is 4.74 Å². The van der Waals surface area contributed by atoms with E-state index in [2.05, 4.69) is 4.98 Å². The highest BCUT2D eigenvalue weighted by Gasteiger charge is 2.14. The van der Waals surface area contributed by atoms with Crippen LogP contribution < -0.4 is 10.5 Å². The number of nitrogens with zero attached hydrogens (tertiary/aromatic N) is 1. The quantitative estimate of drug-likeness (QED) is 0.685. The first-order chi connectivity index (χ1) is 9.10. The fraction of sp³-hybridized carbons (Fsp3) is 0.167. The van der Waals surface area contributed by atoms with Crippen LogP contribution in [0.2, 0.25) is 5.02 Å². The molecule has 1 aromatic carbocycles. The average Bonchev–Trinajstić information content (AvgIpc) is 2.83. The Morgan fingerprint density at radius 3 is 3.00 bits per heavy atom. The highest BCUT2D eigenvalue weighted by Crippen LogP contribution is 2.27. The maximum atomic E-state index is 11.4. The molecule has 0 spiro atoms. The van der Waals surface area contributed by atoms with Gasteiger partial charge in [0.05, 0.1) is 17.3 Å². The molecule has 7 heteroatoms. The summed E-state index contributed by atoms with van der Waals surface area (Å²) in [5, 5.41) is 0.356. The molecule has 0 atom stereocenters. The SMILES string of the molecule is CCOC(=O)c1coc(Oc2ccc(N)c(Cl)c2)n1. The van der Waals surface area contributed by atoms with E-state index in [0.29, 0.717) is 16.5 Å². The second-order valence-electron chi connectivity index (χ2n) is 3.50. The Morgan fingerprint density at radius 1 is 1.53 bits per heavy atom. The fourth-order valence-electron chi connectivity index (χ4n) is 1.28. The smallest absolute Gasteiger partial charge is 0.399 e. The summed E-state index contributed by atoms with van der Waals surface area (Å²) < 4.78 is 15.1. The molecule has 0 unspecified atom stereocenters. The number of carbonyl (C=O) groups is 1. The number of ether oxygens (including phenoxy) is 2. The monoisotopic (exact) mass is 282 g/mol. The normalized spacial score (nSPS) is 10.2. The lowest BCUT2D eigenvalue weighted by Crippen LogP contribution is -2.04. The Hall–Kier alpha value is -2.21. The van der Waals surface area contributed by atoms with Crippen molar-refractivity contribution in [3.8, 4) is 11.8 Å². The molecule has 0 saturated heterocycles. The van der Waals surface area contributed by atoms with Gasteiger partial charge in [-0.25, -0.2) is 4.79 Å². The number of nitrogens with two attached hydrogens (primary N) is 1. The van der Waals surface area contributed by atoms with E-state index in [-0.39, 0.29) is 18.4 Å². The molecule has 0 aliphatic rings. The first-order valence-corrected chi connectivity index (χ1v) is 5.83. The summed E-state index contributed by atoms with van der Waals surface area (Å²) in [6.07, 6.45) is 1.08. The molecule has 0 aliphatic carbocycles. The predicted molar refractivity (Wildman–Crippen MR) is 68.4 cm³/mol. The topological polar surface area (TPSA) is 87.6 Å². The first-order valence-electron chi connectivity index (χ1n) is 5.45. The Bertz CT molecular complexity index is 597. The molecule has 0 radical (unpaired) electrons. The van der Waals surface area contributed by atoms with Crippen LogP contribution in [0.3, 0.4) is 0 Å². The van der Waals surface area contributed by atoms with E-state index in [4.69, 9.17) is 31.2 Å². The summed E-state index contributed by atoms with van der Waals surface area (Å²) in [7, 11) is 0. The van der Waals surface area contributed by atoms with E-state index < -0.39 is 5.97 Å². The number of hydrogen-bond donors (Lipinski definition) is 1. The van der Waals surface area contributed by atoms with Gasteiger partial charge in [0.2, 0.25) is 0 Å². The van der Waals surface area contributed by atoms with Crippen LogP contribution in [0, 0.1) is 0 Å². The van der Waals surface area contributed by atoms with E-state index >= 15 is 0 Å². The summed E-state index contributed by atoms with van der Waals surface area (Å²) in [4.78, 5) is 15.2. The van der Waals surface area contributed by atoms with Crippen molar-refractivity contribution in [1.29, 1.82) is 0 Å². The second-order valence-corrected chi connectivity index (χ2v) is 3.91. The van der Waals surface area contributed by atoms with Crippen LogP contribution in [0.1, 0.15) is 17.4 Å². The van der Waals surface area contributed by atoms with Crippen LogP contribution in [0.25, 0.3) is 0 Å². The summed E-state index contributed by atoms with van der Waals surface area (Å²) in [5.41, 5.74) is 6.05. The number of nitrogen functional groups attached to an aromatic ring is 1. The molecule has 0 amide bonds. The van der Waals surface area contributed by atoms with Crippen molar-refractivity contribution in [1.82, 2.24) is 4.98 Å². The number of oxazole rings is 1. The Kier molecular flexibility index (Phi) is 3.91. The molecule has 100 valence electrons. The van der Waals surface area contributed by atoms with Crippen molar-refractivity contribution in [3.63, 3.8) is 0 Å². The molecule has 2 N–H and O–H groups in total. The Labute approximate surface area is 114 Å². The third-order valence-electron chi connectivity index (χ3n) is 2.14. The molecular formula is C12H11ClN2O4. The van der Waals surface area contributed by atoms with E-state index in [0.717, 1.165) is 6.26 Å². The molecule has 0 aliphatic heterocycles. The molecule has 2 rings (SSSR count). The fourth-order valence-corrected chi connectivity index (χ4v) is 1.45. The lowest BCUT2D eigenvalue weighted by atomic mass is 10.3. The summed E-state index contributed by atoms with van der Waals surface area (Å²) in [5.74, 6) is -0.173. The minimum atomic E-state index is -0.573. The number of hydrogen-bond acceptors (Lipinski definition) is 6. The van der Waals surface area contributed by atoms with Crippen molar-refractivity contribution in [2.45, 2.75) is 6.92 Å². The predicted octanol–water partition coefficient (Wildman–Crippen LogP) is 2.88. The minimum Gasteiger partial charge on any atom is -0.461 e. The zero-order valence-electron chi connectivity index (χ0n) is 10.1. The van der Waals surface area contributed by atoms with Crippen molar-refractivity contribution < 1.29 is 18.7 Å². The molecule has 6 nitrogen and oxygen atoms in total. The van der Waals surface area contributed by atoms with Crippen LogP contribution in [-0.4, -0.2) is 17.6 Å². The molecule has 0 saturated carbocycles. The van der Waals surface area contributed by atoms with Gasteiger partial charge in [0.15, 0.2) is 5.69 Å². The second kappa shape index (κ2) is 5.62. The van der Waals surface area contributed by atoms with Crippen LogP contribution >= 0.6 is 11.6 Å². The summed E-state index contributed by atoms with van der Waals surface area (Å²) in [6.45, 7) is 1.96. The number of carbonyl (C=O) groups excluding carboxylic acids is 1. The third kappa shape index (κ3) is 3.17. The molecule has 2 aromatic rings. The maximum Gasteiger partial charge on any atom is 0.399 e. The van der Waals surface area contributed by atoms with Gasteiger partial charge in [0.25, 0.3) is 0 Å². The van der Waals surface area contributed by atoms with Crippen molar-refractivity contribution in [2.75, 3.05) is 12.3 Å². The molecule has 1 heterocycles. The Balaban J connectivity index is 2.11. The highest BCUT2D eigenvalue weighted by molar-refractivity contribution is 6.33. The average molecular weight is 283 g/mol. The zero-order chi connectivity index (χ0) is 13.8. The molecule has 19 heavy (non-hydrogen) atoms. The summed E-state index contributed by atoms with van der Waals surface area (Å²) >= 11 is 5.85. The largest absolute Gasteiger partial charge is 0.461 e. The number of anilines is 1. The first kappa shape index (κ1) is 13.2. The van der Waals surface area contributed by atoms with Gasteiger partial charge < -0.3 is 19.6 Å². The van der Waals surface area contributed by atoms with Gasteiger partial charge in [-0.3, -0.25) is 0 Å². The molecular weight excluding hydrogens is 272 g/mol. The third-order valence-corrected chi connectivity index (χ3v) is 2.47. The molecule has 1 aromatic heterocycles. The zero-order valence-corrected chi connectivity index (χ0v) is 10.8. The van der Waals surface area contributed by atoms with Gasteiger partial charge in [-0.05, 0) is 19.1 Å². The van der Waals surface area contributed by atoms with Gasteiger partial charge in [-0.1, -0.05) is 11.6 Å². The minimum absolute atomic E-state index is 0.0402. The lowest BCUT2D eigenvalue weighted by molar-refractivity contribution is 0.0519. The summed E-state index contributed by atoms with van der Waals surface area (Å²) in [6, 6.07) is 4.72. The Morgan fingerprint density at radius 2 is 2.32 bits per heavy atom. The maximum absolute atomic E-state index is 11.4.